The lowest BCUT2D eigenvalue weighted by atomic mass is 10.2. The second kappa shape index (κ2) is 12.1. The van der Waals surface area contributed by atoms with Crippen LogP contribution in [0.5, 0.6) is 11.5 Å². The Morgan fingerprint density at radius 1 is 0.800 bits per heavy atom. The van der Waals surface area contributed by atoms with E-state index in [1.54, 1.807) is 0 Å². The summed E-state index contributed by atoms with van der Waals surface area (Å²) in [4.78, 5) is 36.3. The van der Waals surface area contributed by atoms with Gasteiger partial charge in [0.2, 0.25) is 0 Å². The summed E-state index contributed by atoms with van der Waals surface area (Å²) in [6.45, 7) is -0.707. The molecule has 0 aromatic heterocycles. The Bertz CT molecular complexity index is 1180. The number of amides is 2. The van der Waals surface area contributed by atoms with Crippen LogP contribution < -0.4 is 20.1 Å². The molecule has 182 valence electrons. The predicted molar refractivity (Wildman–Crippen MR) is 122 cm³/mol. The van der Waals surface area contributed by atoms with E-state index in [-0.39, 0.29) is 36.0 Å². The van der Waals surface area contributed by atoms with Crippen molar-refractivity contribution in [2.24, 2.45) is 0 Å². The van der Waals surface area contributed by atoms with Gasteiger partial charge in [-0.25, -0.2) is 13.6 Å². The summed E-state index contributed by atoms with van der Waals surface area (Å²) >= 11 is 0. The maximum absolute atomic E-state index is 12.9. The molecule has 2 N–H and O–H groups in total. The highest BCUT2D eigenvalue weighted by Gasteiger charge is 2.15. The maximum Gasteiger partial charge on any atom is 0.338 e. The van der Waals surface area contributed by atoms with Gasteiger partial charge in [0.25, 0.3) is 11.8 Å². The first-order valence-electron chi connectivity index (χ1n) is 10.4. The van der Waals surface area contributed by atoms with E-state index in [1.807, 2.05) is 0 Å². The molecule has 0 spiro atoms. The zero-order valence-corrected chi connectivity index (χ0v) is 18.7. The number of rotatable bonds is 10. The first kappa shape index (κ1) is 25.2. The molecule has 0 aliphatic heterocycles. The van der Waals surface area contributed by atoms with Crippen molar-refractivity contribution in [1.82, 2.24) is 5.32 Å². The third-order valence-corrected chi connectivity index (χ3v) is 4.62. The lowest BCUT2D eigenvalue weighted by molar-refractivity contribution is -0.124. The van der Waals surface area contributed by atoms with Gasteiger partial charge in [0.15, 0.2) is 24.7 Å². The standard InChI is InChI=1S/C25H22F2N2O6/c1-33-22-12-17(25(32)35-14-23(30)28-13-16-2-5-18(26)6-3-16)4-11-21(22)34-15-24(31)29-20-9-7-19(27)8-10-20/h2-12H,13-15H2,1H3,(H,28,30)(H,29,31). The third-order valence-electron chi connectivity index (χ3n) is 4.62. The molecular formula is C25H22F2N2O6. The highest BCUT2D eigenvalue weighted by molar-refractivity contribution is 5.93. The van der Waals surface area contributed by atoms with Crippen molar-refractivity contribution in [3.8, 4) is 11.5 Å². The summed E-state index contributed by atoms with van der Waals surface area (Å²) in [7, 11) is 1.36. The van der Waals surface area contributed by atoms with Crippen molar-refractivity contribution in [3.63, 3.8) is 0 Å². The van der Waals surface area contributed by atoms with E-state index in [2.05, 4.69) is 10.6 Å². The molecule has 3 aromatic carbocycles. The average molecular weight is 484 g/mol. The molecule has 0 saturated carbocycles. The zero-order valence-electron chi connectivity index (χ0n) is 18.7. The van der Waals surface area contributed by atoms with Crippen LogP contribution in [0.4, 0.5) is 14.5 Å². The van der Waals surface area contributed by atoms with Gasteiger partial charge < -0.3 is 24.8 Å². The Kier molecular flexibility index (Phi) is 8.71. The van der Waals surface area contributed by atoms with Crippen molar-refractivity contribution in [2.75, 3.05) is 25.6 Å². The Hall–Kier alpha value is -4.47. The number of carbonyl (C=O) groups excluding carboxylic acids is 3. The minimum Gasteiger partial charge on any atom is -0.493 e. The fourth-order valence-electron chi connectivity index (χ4n) is 2.86. The molecule has 0 fully saturated rings. The number of esters is 1. The highest BCUT2D eigenvalue weighted by Crippen LogP contribution is 2.28. The summed E-state index contributed by atoms with van der Waals surface area (Å²) < 4.78 is 41.5. The molecule has 0 radical (unpaired) electrons. The lowest BCUT2D eigenvalue weighted by Gasteiger charge is -2.12. The largest absolute Gasteiger partial charge is 0.493 e. The summed E-state index contributed by atoms with van der Waals surface area (Å²) in [6, 6.07) is 15.1. The molecule has 0 aliphatic rings. The number of benzene rings is 3. The Balaban J connectivity index is 1.48. The molecule has 10 heteroatoms. The van der Waals surface area contributed by atoms with Gasteiger partial charge in [-0.3, -0.25) is 9.59 Å². The fourth-order valence-corrected chi connectivity index (χ4v) is 2.86. The normalized spacial score (nSPS) is 10.3. The SMILES string of the molecule is COc1cc(C(=O)OCC(=O)NCc2ccc(F)cc2)ccc1OCC(=O)Nc1ccc(F)cc1. The smallest absolute Gasteiger partial charge is 0.338 e. The molecule has 3 aromatic rings. The van der Waals surface area contributed by atoms with Crippen LogP contribution in [0.2, 0.25) is 0 Å². The van der Waals surface area contributed by atoms with E-state index < -0.39 is 30.2 Å². The molecule has 0 unspecified atom stereocenters. The van der Waals surface area contributed by atoms with Crippen molar-refractivity contribution >= 4 is 23.5 Å². The van der Waals surface area contributed by atoms with Crippen molar-refractivity contribution in [1.29, 1.82) is 0 Å². The van der Waals surface area contributed by atoms with Gasteiger partial charge in [-0.05, 0) is 60.2 Å². The van der Waals surface area contributed by atoms with Gasteiger partial charge in [0, 0.05) is 12.2 Å². The van der Waals surface area contributed by atoms with Crippen LogP contribution in [0.25, 0.3) is 0 Å². The van der Waals surface area contributed by atoms with Gasteiger partial charge in [-0.15, -0.1) is 0 Å². The third kappa shape index (κ3) is 7.81. The number of carbonyl (C=O) groups is 3. The van der Waals surface area contributed by atoms with Crippen LogP contribution in [0, 0.1) is 11.6 Å². The molecule has 35 heavy (non-hydrogen) atoms. The van der Waals surface area contributed by atoms with Crippen LogP contribution in [0.1, 0.15) is 15.9 Å². The molecule has 0 heterocycles. The van der Waals surface area contributed by atoms with Gasteiger partial charge in [-0.1, -0.05) is 12.1 Å². The maximum atomic E-state index is 12.9. The average Bonchev–Trinajstić information content (AvgIpc) is 2.87. The highest BCUT2D eigenvalue weighted by atomic mass is 19.1. The predicted octanol–water partition coefficient (Wildman–Crippen LogP) is 3.46. The van der Waals surface area contributed by atoms with E-state index >= 15 is 0 Å². The number of anilines is 1. The number of ether oxygens (including phenoxy) is 3. The number of hydrogen-bond donors (Lipinski definition) is 2. The summed E-state index contributed by atoms with van der Waals surface area (Å²) in [5, 5.41) is 5.12. The second-order valence-electron chi connectivity index (χ2n) is 7.19. The van der Waals surface area contributed by atoms with Crippen molar-refractivity contribution in [3.05, 3.63) is 89.5 Å². The Morgan fingerprint density at radius 2 is 1.46 bits per heavy atom. The number of halogens is 2. The number of hydrogen-bond acceptors (Lipinski definition) is 6. The lowest BCUT2D eigenvalue weighted by Crippen LogP contribution is -2.28. The van der Waals surface area contributed by atoms with Gasteiger partial charge >= 0.3 is 5.97 Å². The summed E-state index contributed by atoms with van der Waals surface area (Å²) in [6.07, 6.45) is 0. The minimum atomic E-state index is -0.763. The second-order valence-corrected chi connectivity index (χ2v) is 7.19. The molecular weight excluding hydrogens is 462 g/mol. The topological polar surface area (TPSA) is 103 Å². The van der Waals surface area contributed by atoms with Crippen LogP contribution in [0.3, 0.4) is 0 Å². The molecule has 0 atom stereocenters. The van der Waals surface area contributed by atoms with Gasteiger partial charge in [0.1, 0.15) is 11.6 Å². The molecule has 3 rings (SSSR count). The number of methoxy groups -OCH3 is 1. The first-order valence-corrected chi connectivity index (χ1v) is 10.4. The van der Waals surface area contributed by atoms with Crippen LogP contribution in [0.15, 0.2) is 66.7 Å². The first-order chi connectivity index (χ1) is 16.8. The van der Waals surface area contributed by atoms with E-state index in [0.717, 1.165) is 0 Å². The van der Waals surface area contributed by atoms with Crippen molar-refractivity contribution < 1.29 is 37.4 Å². The fraction of sp³-hybridized carbons (Fsp3) is 0.160. The van der Waals surface area contributed by atoms with E-state index in [4.69, 9.17) is 14.2 Å². The Labute approximate surface area is 199 Å². The quantitative estimate of drug-likeness (QED) is 0.428. The van der Waals surface area contributed by atoms with E-state index in [9.17, 15) is 23.2 Å². The van der Waals surface area contributed by atoms with Crippen LogP contribution in [-0.2, 0) is 20.9 Å². The molecule has 0 saturated heterocycles. The summed E-state index contributed by atoms with van der Waals surface area (Å²) in [5.74, 6) is -2.19. The zero-order chi connectivity index (χ0) is 25.2. The van der Waals surface area contributed by atoms with Crippen LogP contribution in [-0.4, -0.2) is 38.1 Å². The molecule has 2 amide bonds. The molecule has 0 aliphatic carbocycles. The summed E-state index contributed by atoms with van der Waals surface area (Å²) in [5.41, 5.74) is 1.21. The Morgan fingerprint density at radius 3 is 2.11 bits per heavy atom. The molecule has 8 nitrogen and oxygen atoms in total. The minimum absolute atomic E-state index is 0.108. The monoisotopic (exact) mass is 484 g/mol. The molecule has 0 bridgehead atoms. The van der Waals surface area contributed by atoms with E-state index in [0.29, 0.717) is 11.3 Å². The number of nitrogens with one attached hydrogen (secondary N) is 2. The van der Waals surface area contributed by atoms with E-state index in [1.165, 1.54) is 73.8 Å². The van der Waals surface area contributed by atoms with Gasteiger partial charge in [-0.2, -0.15) is 0 Å². The van der Waals surface area contributed by atoms with Crippen LogP contribution >= 0.6 is 0 Å². The van der Waals surface area contributed by atoms with Crippen molar-refractivity contribution in [2.45, 2.75) is 6.54 Å². The van der Waals surface area contributed by atoms with Gasteiger partial charge in [0.05, 0.1) is 12.7 Å².